The van der Waals surface area contributed by atoms with Gasteiger partial charge in [0, 0.05) is 43.3 Å². The van der Waals surface area contributed by atoms with E-state index >= 15 is 0 Å². The van der Waals surface area contributed by atoms with Crippen LogP contribution in [0.15, 0.2) is 30.3 Å². The van der Waals surface area contributed by atoms with Gasteiger partial charge >= 0.3 is 0 Å². The van der Waals surface area contributed by atoms with Gasteiger partial charge in [0.1, 0.15) is 5.75 Å². The fourth-order valence-electron chi connectivity index (χ4n) is 3.60. The van der Waals surface area contributed by atoms with Crippen molar-refractivity contribution >= 4 is 46.4 Å². The first-order chi connectivity index (χ1) is 14.8. The Morgan fingerprint density at radius 2 is 1.68 bits per heavy atom. The molecule has 8 heteroatoms. The summed E-state index contributed by atoms with van der Waals surface area (Å²) in [7, 11) is 0. The molecule has 166 valence electrons. The van der Waals surface area contributed by atoms with Gasteiger partial charge in [0.15, 0.2) is 6.61 Å². The molecular formula is C23H27Cl2N3O3. The monoisotopic (exact) mass is 463 g/mol. The minimum atomic E-state index is -0.277. The predicted octanol–water partition coefficient (Wildman–Crippen LogP) is 4.69. The van der Waals surface area contributed by atoms with Crippen molar-refractivity contribution in [2.24, 2.45) is 0 Å². The van der Waals surface area contributed by atoms with E-state index in [-0.39, 0.29) is 18.4 Å². The largest absolute Gasteiger partial charge is 0.484 e. The molecule has 2 aromatic carbocycles. The fraction of sp³-hybridized carbons (Fsp3) is 0.391. The number of halogens is 2. The highest BCUT2D eigenvalue weighted by atomic mass is 35.5. The number of hydrogen-bond acceptors (Lipinski definition) is 4. The minimum absolute atomic E-state index is 0.118. The summed E-state index contributed by atoms with van der Waals surface area (Å²) in [6.45, 7) is 8.37. The van der Waals surface area contributed by atoms with Crippen molar-refractivity contribution in [3.8, 4) is 5.75 Å². The molecule has 1 fully saturated rings. The molecule has 0 aliphatic carbocycles. The Hall–Kier alpha value is -2.44. The third kappa shape index (κ3) is 5.83. The Kier molecular flexibility index (Phi) is 7.68. The van der Waals surface area contributed by atoms with Crippen LogP contribution >= 0.6 is 23.2 Å². The van der Waals surface area contributed by atoms with E-state index in [0.717, 1.165) is 29.9 Å². The lowest BCUT2D eigenvalue weighted by Crippen LogP contribution is -2.48. The smallest absolute Gasteiger partial charge is 0.262 e. The summed E-state index contributed by atoms with van der Waals surface area (Å²) in [6, 6.07) is 9.06. The molecule has 0 bridgehead atoms. The average Bonchev–Trinajstić information content (AvgIpc) is 2.75. The van der Waals surface area contributed by atoms with E-state index in [1.807, 2.05) is 49.9 Å². The SMILES string of the molecule is CCC(=O)N1CCN(c2ccc(NC(=O)COc3cc(C)c(Cl)c(C)c3)cc2Cl)CC1. The van der Waals surface area contributed by atoms with Crippen LogP contribution in [0.4, 0.5) is 11.4 Å². The van der Waals surface area contributed by atoms with Crippen LogP contribution in [0.1, 0.15) is 24.5 Å². The van der Waals surface area contributed by atoms with Gasteiger partial charge in [-0.15, -0.1) is 0 Å². The van der Waals surface area contributed by atoms with E-state index in [1.54, 1.807) is 6.07 Å². The second kappa shape index (κ2) is 10.2. The Morgan fingerprint density at radius 3 is 2.26 bits per heavy atom. The lowest BCUT2D eigenvalue weighted by molar-refractivity contribution is -0.131. The molecule has 1 aliphatic rings. The average molecular weight is 464 g/mol. The summed E-state index contributed by atoms with van der Waals surface area (Å²) in [5, 5.41) is 4.06. The quantitative estimate of drug-likeness (QED) is 0.674. The normalized spacial score (nSPS) is 13.8. The van der Waals surface area contributed by atoms with Gasteiger partial charge in [0.25, 0.3) is 5.91 Å². The maximum absolute atomic E-state index is 12.3. The number of nitrogens with zero attached hydrogens (tertiary/aromatic N) is 2. The number of carbonyl (C=O) groups is 2. The molecular weight excluding hydrogens is 437 g/mol. The molecule has 1 aliphatic heterocycles. The van der Waals surface area contributed by atoms with Crippen molar-refractivity contribution in [3.05, 3.63) is 51.5 Å². The third-order valence-electron chi connectivity index (χ3n) is 5.29. The first-order valence-corrected chi connectivity index (χ1v) is 11.1. The standard InChI is InChI=1S/C23H27Cl2N3O3/c1-4-22(30)28-9-7-27(8-10-28)20-6-5-17(13-19(20)24)26-21(29)14-31-18-11-15(2)23(25)16(3)12-18/h5-6,11-13H,4,7-10,14H2,1-3H3,(H,26,29). The number of piperazine rings is 1. The first kappa shape index (κ1) is 23.2. The van der Waals surface area contributed by atoms with Crippen LogP contribution in [0.25, 0.3) is 0 Å². The number of hydrogen-bond donors (Lipinski definition) is 1. The van der Waals surface area contributed by atoms with Crippen molar-refractivity contribution < 1.29 is 14.3 Å². The topological polar surface area (TPSA) is 61.9 Å². The van der Waals surface area contributed by atoms with E-state index in [2.05, 4.69) is 10.2 Å². The third-order valence-corrected chi connectivity index (χ3v) is 6.19. The van der Waals surface area contributed by atoms with Crippen LogP contribution < -0.4 is 15.0 Å². The molecule has 0 spiro atoms. The number of amides is 2. The Morgan fingerprint density at radius 1 is 1.03 bits per heavy atom. The first-order valence-electron chi connectivity index (χ1n) is 10.3. The van der Waals surface area contributed by atoms with E-state index in [9.17, 15) is 9.59 Å². The maximum Gasteiger partial charge on any atom is 0.262 e. The van der Waals surface area contributed by atoms with E-state index in [1.165, 1.54) is 0 Å². The van der Waals surface area contributed by atoms with E-state index in [0.29, 0.717) is 41.0 Å². The summed E-state index contributed by atoms with van der Waals surface area (Å²) in [6.07, 6.45) is 0.524. The summed E-state index contributed by atoms with van der Waals surface area (Å²) in [5.41, 5.74) is 3.30. The lowest BCUT2D eigenvalue weighted by atomic mass is 10.1. The van der Waals surface area contributed by atoms with E-state index in [4.69, 9.17) is 27.9 Å². The van der Waals surface area contributed by atoms with Crippen molar-refractivity contribution in [3.63, 3.8) is 0 Å². The van der Waals surface area contributed by atoms with Gasteiger partial charge in [-0.3, -0.25) is 9.59 Å². The molecule has 2 amide bonds. The van der Waals surface area contributed by atoms with Crippen LogP contribution in [0.2, 0.25) is 10.0 Å². The van der Waals surface area contributed by atoms with Crippen LogP contribution in [0.5, 0.6) is 5.75 Å². The van der Waals surface area contributed by atoms with Gasteiger partial charge in [-0.1, -0.05) is 30.1 Å². The van der Waals surface area contributed by atoms with Gasteiger partial charge in [-0.25, -0.2) is 0 Å². The van der Waals surface area contributed by atoms with Gasteiger partial charge in [0.05, 0.1) is 10.7 Å². The van der Waals surface area contributed by atoms with Gasteiger partial charge in [0.2, 0.25) is 5.91 Å². The van der Waals surface area contributed by atoms with Crippen molar-refractivity contribution in [1.29, 1.82) is 0 Å². The Labute approximate surface area is 193 Å². The predicted molar refractivity (Wildman–Crippen MR) is 126 cm³/mol. The molecule has 31 heavy (non-hydrogen) atoms. The number of carbonyl (C=O) groups excluding carboxylic acids is 2. The molecule has 0 atom stereocenters. The second-order valence-corrected chi connectivity index (χ2v) is 8.38. The second-order valence-electron chi connectivity index (χ2n) is 7.60. The van der Waals surface area contributed by atoms with Crippen molar-refractivity contribution in [1.82, 2.24) is 4.90 Å². The summed E-state index contributed by atoms with van der Waals surface area (Å²) in [5.74, 6) is 0.499. The number of ether oxygens (including phenoxy) is 1. The molecule has 0 aromatic heterocycles. The van der Waals surface area contributed by atoms with Crippen molar-refractivity contribution in [2.45, 2.75) is 27.2 Å². The Bertz CT molecular complexity index is 950. The summed E-state index contributed by atoms with van der Waals surface area (Å²) in [4.78, 5) is 28.2. The molecule has 1 N–H and O–H groups in total. The highest BCUT2D eigenvalue weighted by Gasteiger charge is 2.21. The van der Waals surface area contributed by atoms with Gasteiger partial charge in [-0.05, 0) is 55.3 Å². The Balaban J connectivity index is 1.55. The maximum atomic E-state index is 12.3. The molecule has 2 aromatic rings. The zero-order valence-corrected chi connectivity index (χ0v) is 19.5. The van der Waals surface area contributed by atoms with E-state index < -0.39 is 0 Å². The lowest BCUT2D eigenvalue weighted by Gasteiger charge is -2.36. The molecule has 3 rings (SSSR count). The molecule has 0 unspecified atom stereocenters. The molecule has 0 saturated carbocycles. The number of aryl methyl sites for hydroxylation is 2. The minimum Gasteiger partial charge on any atom is -0.484 e. The van der Waals surface area contributed by atoms with Crippen molar-refractivity contribution in [2.75, 3.05) is 43.0 Å². The molecule has 6 nitrogen and oxygen atoms in total. The van der Waals surface area contributed by atoms with Crippen LogP contribution in [0, 0.1) is 13.8 Å². The summed E-state index contributed by atoms with van der Waals surface area (Å²) >= 11 is 12.6. The fourth-order valence-corrected chi connectivity index (χ4v) is 4.01. The molecule has 0 radical (unpaired) electrons. The van der Waals surface area contributed by atoms with Gasteiger partial charge in [-0.2, -0.15) is 0 Å². The molecule has 1 saturated heterocycles. The molecule has 1 heterocycles. The zero-order chi connectivity index (χ0) is 22.5. The number of nitrogens with one attached hydrogen (secondary N) is 1. The van der Waals surface area contributed by atoms with Gasteiger partial charge < -0.3 is 19.9 Å². The summed E-state index contributed by atoms with van der Waals surface area (Å²) < 4.78 is 5.60. The van der Waals surface area contributed by atoms with Crippen LogP contribution in [-0.4, -0.2) is 49.5 Å². The number of benzene rings is 2. The highest BCUT2D eigenvalue weighted by Crippen LogP contribution is 2.30. The van der Waals surface area contributed by atoms with Crippen LogP contribution in [-0.2, 0) is 9.59 Å². The highest BCUT2D eigenvalue weighted by molar-refractivity contribution is 6.33. The number of anilines is 2. The zero-order valence-electron chi connectivity index (χ0n) is 18.0. The number of rotatable bonds is 6. The van der Waals surface area contributed by atoms with Crippen LogP contribution in [0.3, 0.4) is 0 Å².